The number of para-hydroxylation sites is 2. The molecule has 0 radical (unpaired) electrons. The van der Waals surface area contributed by atoms with Gasteiger partial charge in [0.25, 0.3) is 0 Å². The minimum atomic E-state index is 0.846. The van der Waals surface area contributed by atoms with Crippen molar-refractivity contribution in [1.29, 1.82) is 0 Å². The summed E-state index contributed by atoms with van der Waals surface area (Å²) in [5, 5.41) is 5.30. The fourth-order valence-electron chi connectivity index (χ4n) is 4.56. The number of fused-ring (bicyclic) bond motifs is 12. The molecule has 6 aromatic rings. The van der Waals surface area contributed by atoms with E-state index in [-0.39, 0.29) is 0 Å². The van der Waals surface area contributed by atoms with Crippen LogP contribution < -0.4 is 0 Å². The maximum Gasteiger partial charge on any atom is 0.150 e. The van der Waals surface area contributed by atoms with Crippen LogP contribution in [0.1, 0.15) is 17.7 Å². The summed E-state index contributed by atoms with van der Waals surface area (Å²) in [6.07, 6.45) is 6.31. The van der Waals surface area contributed by atoms with E-state index >= 15 is 0 Å². The minimum absolute atomic E-state index is 0.846. The third kappa shape index (κ3) is 1.58. The van der Waals surface area contributed by atoms with Crippen molar-refractivity contribution in [3.63, 3.8) is 0 Å². The van der Waals surface area contributed by atoms with E-state index < -0.39 is 0 Å². The zero-order chi connectivity index (χ0) is 17.5. The van der Waals surface area contributed by atoms with Gasteiger partial charge in [-0.1, -0.05) is 48.6 Å². The molecule has 0 saturated carbocycles. The molecule has 3 heterocycles. The summed E-state index contributed by atoms with van der Waals surface area (Å²) < 4.78 is 19.1. The SMILES string of the molecule is C1=Cc2c(oc3c2c2oc4ccccc4c2c2oc4ccccc4c32)CC1. The standard InChI is InChI=1S/C24H14O3/c1-4-10-16-13(7-1)19-22(25-16)20-15-9-3-6-12-18(15)27-24(20)21-14-8-2-5-11-17(14)26-23(19)21/h1-5,7-11H,6,12H2. The van der Waals surface area contributed by atoms with Crippen molar-refractivity contribution >= 4 is 60.9 Å². The van der Waals surface area contributed by atoms with Crippen molar-refractivity contribution < 1.29 is 13.3 Å². The van der Waals surface area contributed by atoms with Crippen LogP contribution in [0.2, 0.25) is 0 Å². The average Bonchev–Trinajstić information content (AvgIpc) is 3.38. The fourth-order valence-corrected chi connectivity index (χ4v) is 4.56. The van der Waals surface area contributed by atoms with Gasteiger partial charge in [-0.3, -0.25) is 0 Å². The summed E-state index contributed by atoms with van der Waals surface area (Å²) in [4.78, 5) is 0. The number of allylic oxidation sites excluding steroid dienone is 1. The van der Waals surface area contributed by atoms with Crippen LogP contribution in [0.5, 0.6) is 0 Å². The zero-order valence-electron chi connectivity index (χ0n) is 14.4. The monoisotopic (exact) mass is 350 g/mol. The second kappa shape index (κ2) is 4.63. The number of aryl methyl sites for hydroxylation is 1. The topological polar surface area (TPSA) is 39.4 Å². The highest BCUT2D eigenvalue weighted by molar-refractivity contribution is 6.33. The maximum atomic E-state index is 6.40. The quantitative estimate of drug-likeness (QED) is 0.291. The molecule has 0 fully saturated rings. The van der Waals surface area contributed by atoms with Crippen LogP contribution in [0.25, 0.3) is 60.9 Å². The lowest BCUT2D eigenvalue weighted by molar-refractivity contribution is 0.548. The van der Waals surface area contributed by atoms with Gasteiger partial charge in [0, 0.05) is 22.8 Å². The summed E-state index contributed by atoms with van der Waals surface area (Å²) >= 11 is 0. The summed E-state index contributed by atoms with van der Waals surface area (Å²) in [5.41, 5.74) is 5.46. The van der Waals surface area contributed by atoms with Gasteiger partial charge < -0.3 is 13.3 Å². The summed E-state index contributed by atoms with van der Waals surface area (Å²) in [7, 11) is 0. The van der Waals surface area contributed by atoms with Gasteiger partial charge in [-0.25, -0.2) is 0 Å². The van der Waals surface area contributed by atoms with Gasteiger partial charge in [0.05, 0.1) is 16.2 Å². The molecule has 0 bridgehead atoms. The van der Waals surface area contributed by atoms with Crippen LogP contribution in [0, 0.1) is 0 Å². The molecule has 0 amide bonds. The molecule has 3 nitrogen and oxygen atoms in total. The van der Waals surface area contributed by atoms with Crippen molar-refractivity contribution in [3.8, 4) is 0 Å². The molecule has 1 aliphatic rings. The van der Waals surface area contributed by atoms with Gasteiger partial charge in [-0.05, 0) is 18.6 Å². The van der Waals surface area contributed by atoms with Crippen LogP contribution in [0.4, 0.5) is 0 Å². The van der Waals surface area contributed by atoms with E-state index in [1.807, 2.05) is 36.4 Å². The predicted octanol–water partition coefficient (Wildman–Crippen LogP) is 7.19. The lowest BCUT2D eigenvalue weighted by atomic mass is 9.99. The first kappa shape index (κ1) is 13.7. The average molecular weight is 350 g/mol. The van der Waals surface area contributed by atoms with Crippen molar-refractivity contribution in [2.75, 3.05) is 0 Å². The van der Waals surface area contributed by atoms with Crippen molar-refractivity contribution in [2.24, 2.45) is 0 Å². The molecule has 0 aliphatic heterocycles. The fraction of sp³-hybridized carbons (Fsp3) is 0.0833. The Bertz CT molecular complexity index is 1570. The van der Waals surface area contributed by atoms with Crippen molar-refractivity contribution in [2.45, 2.75) is 12.8 Å². The minimum Gasteiger partial charge on any atom is -0.459 e. The second-order valence-electron chi connectivity index (χ2n) is 7.19. The third-order valence-corrected chi connectivity index (χ3v) is 5.72. The van der Waals surface area contributed by atoms with Gasteiger partial charge in [0.15, 0.2) is 11.2 Å². The van der Waals surface area contributed by atoms with E-state index in [1.54, 1.807) is 0 Å². The highest BCUT2D eigenvalue weighted by Gasteiger charge is 2.26. The molecule has 0 atom stereocenters. The zero-order valence-corrected chi connectivity index (χ0v) is 14.4. The number of hydrogen-bond donors (Lipinski definition) is 0. The van der Waals surface area contributed by atoms with E-state index in [0.29, 0.717) is 0 Å². The Balaban J connectivity index is 1.90. The molecule has 3 heteroatoms. The number of hydrogen-bond acceptors (Lipinski definition) is 3. The Morgan fingerprint density at radius 3 is 1.93 bits per heavy atom. The number of rotatable bonds is 0. The van der Waals surface area contributed by atoms with Crippen molar-refractivity contribution in [1.82, 2.24) is 0 Å². The van der Waals surface area contributed by atoms with E-state index in [9.17, 15) is 0 Å². The van der Waals surface area contributed by atoms with Crippen LogP contribution in [-0.4, -0.2) is 0 Å². The van der Waals surface area contributed by atoms with Gasteiger partial charge in [-0.15, -0.1) is 0 Å². The van der Waals surface area contributed by atoms with E-state index in [0.717, 1.165) is 79.0 Å². The van der Waals surface area contributed by atoms with Gasteiger partial charge in [0.1, 0.15) is 22.5 Å². The molecule has 7 rings (SSSR count). The Labute approximate surface area is 153 Å². The molecular weight excluding hydrogens is 336 g/mol. The van der Waals surface area contributed by atoms with Crippen LogP contribution >= 0.6 is 0 Å². The lowest BCUT2D eigenvalue weighted by Gasteiger charge is -2.01. The van der Waals surface area contributed by atoms with Gasteiger partial charge in [-0.2, -0.15) is 0 Å². The maximum absolute atomic E-state index is 6.40. The summed E-state index contributed by atoms with van der Waals surface area (Å²) in [6, 6.07) is 16.3. The van der Waals surface area contributed by atoms with Gasteiger partial charge in [0.2, 0.25) is 0 Å². The van der Waals surface area contributed by atoms with Gasteiger partial charge >= 0.3 is 0 Å². The van der Waals surface area contributed by atoms with Crippen LogP contribution in [-0.2, 0) is 6.42 Å². The Morgan fingerprint density at radius 2 is 1.22 bits per heavy atom. The molecule has 27 heavy (non-hydrogen) atoms. The summed E-state index contributed by atoms with van der Waals surface area (Å²) in [5.74, 6) is 1.03. The van der Waals surface area contributed by atoms with E-state index in [1.165, 1.54) is 0 Å². The molecule has 3 aromatic carbocycles. The van der Waals surface area contributed by atoms with E-state index in [4.69, 9.17) is 13.3 Å². The number of benzene rings is 3. The lowest BCUT2D eigenvalue weighted by Crippen LogP contribution is -1.88. The molecule has 0 saturated heterocycles. The molecule has 128 valence electrons. The largest absolute Gasteiger partial charge is 0.459 e. The van der Waals surface area contributed by atoms with Crippen LogP contribution in [0.15, 0.2) is 67.9 Å². The third-order valence-electron chi connectivity index (χ3n) is 5.72. The first-order valence-corrected chi connectivity index (χ1v) is 9.26. The van der Waals surface area contributed by atoms with Crippen LogP contribution in [0.3, 0.4) is 0 Å². The Morgan fingerprint density at radius 1 is 0.630 bits per heavy atom. The molecule has 3 aromatic heterocycles. The van der Waals surface area contributed by atoms with E-state index in [2.05, 4.69) is 24.3 Å². The Hall–Kier alpha value is -3.46. The Kier molecular flexibility index (Phi) is 2.35. The molecule has 0 spiro atoms. The molecule has 1 aliphatic carbocycles. The molecular formula is C24H14O3. The normalized spacial score (nSPS) is 14.2. The smallest absolute Gasteiger partial charge is 0.150 e. The second-order valence-corrected chi connectivity index (χ2v) is 7.19. The first-order chi connectivity index (χ1) is 13.4. The summed E-state index contributed by atoms with van der Waals surface area (Å²) in [6.45, 7) is 0. The predicted molar refractivity (Wildman–Crippen MR) is 108 cm³/mol. The highest BCUT2D eigenvalue weighted by Crippen LogP contribution is 2.47. The highest BCUT2D eigenvalue weighted by atomic mass is 16.4. The molecule has 0 N–H and O–H groups in total. The molecule has 0 unspecified atom stereocenters. The van der Waals surface area contributed by atoms with Crippen molar-refractivity contribution in [3.05, 3.63) is 65.9 Å². The number of furan rings is 3. The first-order valence-electron chi connectivity index (χ1n) is 9.26.